The highest BCUT2D eigenvalue weighted by Crippen LogP contribution is 2.48. The van der Waals surface area contributed by atoms with Crippen molar-refractivity contribution in [3.63, 3.8) is 0 Å². The van der Waals surface area contributed by atoms with Crippen LogP contribution in [0.5, 0.6) is 0 Å². The molecule has 0 aromatic heterocycles. The molecule has 5 aromatic rings. The number of hydrogen-bond acceptors (Lipinski definition) is 2. The molecule has 0 radical (unpaired) electrons. The normalized spacial score (nSPS) is 10.8. The molecule has 2 nitrogen and oxygen atoms in total. The molecule has 0 aliphatic heterocycles. The number of rotatable bonds is 6. The second-order valence-electron chi connectivity index (χ2n) is 10.0. The van der Waals surface area contributed by atoms with Gasteiger partial charge in [-0.15, -0.1) is 0 Å². The molecule has 0 aliphatic carbocycles. The molecule has 0 N–H and O–H groups in total. The van der Waals surface area contributed by atoms with Gasteiger partial charge in [-0.2, -0.15) is 0 Å². The van der Waals surface area contributed by atoms with E-state index >= 15 is 0 Å². The van der Waals surface area contributed by atoms with Gasteiger partial charge in [0.05, 0.1) is 0 Å². The van der Waals surface area contributed by atoms with E-state index in [0.717, 1.165) is 79.3 Å². The van der Waals surface area contributed by atoms with E-state index in [1.54, 1.807) is 0 Å². The van der Waals surface area contributed by atoms with Crippen LogP contribution in [-0.4, -0.2) is 12.6 Å². The molecule has 0 bridgehead atoms. The molecule has 0 spiro atoms. The minimum atomic E-state index is 0.578. The number of carbonyl (C=O) groups excluding carboxylic acids is 2. The fraction of sp³-hybridized carbons (Fsp3) is 0.111. The van der Waals surface area contributed by atoms with E-state index in [1.165, 1.54) is 0 Å². The minimum Gasteiger partial charge on any atom is -0.298 e. The number of hydrogen-bond donors (Lipinski definition) is 0. The van der Waals surface area contributed by atoms with Gasteiger partial charge in [0.25, 0.3) is 0 Å². The Labute approximate surface area is 224 Å². The van der Waals surface area contributed by atoms with Crippen LogP contribution in [0.4, 0.5) is 0 Å². The maximum absolute atomic E-state index is 13.1. The summed E-state index contributed by atoms with van der Waals surface area (Å²) in [7, 11) is 0. The summed E-state index contributed by atoms with van der Waals surface area (Å²) < 4.78 is 0. The molecule has 0 heterocycles. The van der Waals surface area contributed by atoms with E-state index in [4.69, 9.17) is 0 Å². The summed E-state index contributed by atoms with van der Waals surface area (Å²) in [6, 6.07) is 32.6. The lowest BCUT2D eigenvalue weighted by Gasteiger charge is -2.24. The molecule has 2 heteroatoms. The van der Waals surface area contributed by atoms with Crippen LogP contribution in [0.15, 0.2) is 97.1 Å². The van der Waals surface area contributed by atoms with Gasteiger partial charge < -0.3 is 0 Å². The molecule has 0 unspecified atom stereocenters. The van der Waals surface area contributed by atoms with E-state index in [-0.39, 0.29) is 0 Å². The first kappa shape index (κ1) is 25.1. The zero-order chi connectivity index (χ0) is 26.8. The van der Waals surface area contributed by atoms with Gasteiger partial charge in [-0.05, 0) is 49.9 Å². The summed E-state index contributed by atoms with van der Waals surface area (Å²) in [5, 5.41) is 0. The summed E-state index contributed by atoms with van der Waals surface area (Å²) in [5.74, 6) is 0. The van der Waals surface area contributed by atoms with E-state index in [2.05, 4.69) is 0 Å². The molecule has 0 saturated carbocycles. The third-order valence-electron chi connectivity index (χ3n) is 7.17. The largest absolute Gasteiger partial charge is 0.298 e. The number of aryl methyl sites for hydroxylation is 4. The van der Waals surface area contributed by atoms with Crippen LogP contribution >= 0.6 is 0 Å². The van der Waals surface area contributed by atoms with Gasteiger partial charge in [0, 0.05) is 33.4 Å². The van der Waals surface area contributed by atoms with Crippen LogP contribution in [-0.2, 0) is 0 Å². The van der Waals surface area contributed by atoms with E-state index < -0.39 is 0 Å². The van der Waals surface area contributed by atoms with Crippen molar-refractivity contribution >= 4 is 12.6 Å². The van der Waals surface area contributed by atoms with Crippen LogP contribution in [0.25, 0.3) is 44.5 Å². The molecular formula is C36H30O2. The number of aldehydes is 2. The molecule has 0 saturated heterocycles. The number of carbonyl (C=O) groups is 2. The highest BCUT2D eigenvalue weighted by molar-refractivity contribution is 6.14. The lowest BCUT2D eigenvalue weighted by atomic mass is 9.77. The highest BCUT2D eigenvalue weighted by Gasteiger charge is 2.27. The Bertz CT molecular complexity index is 1380. The molecule has 5 aromatic carbocycles. The van der Waals surface area contributed by atoms with Crippen molar-refractivity contribution in [1.82, 2.24) is 0 Å². The first-order valence-corrected chi connectivity index (χ1v) is 12.8. The molecule has 0 fully saturated rings. The lowest BCUT2D eigenvalue weighted by Crippen LogP contribution is -2.05. The average Bonchev–Trinajstić information content (AvgIpc) is 2.93. The predicted octanol–water partition coefficient (Wildman–Crippen LogP) is 9.21. The second kappa shape index (κ2) is 10.4. The quantitative estimate of drug-likeness (QED) is 0.220. The maximum atomic E-state index is 13.1. The zero-order valence-electron chi connectivity index (χ0n) is 22.2. The van der Waals surface area contributed by atoms with E-state index in [9.17, 15) is 9.59 Å². The summed E-state index contributed by atoms with van der Waals surface area (Å²) in [5.41, 5.74) is 12.4. The van der Waals surface area contributed by atoms with Gasteiger partial charge in [0.1, 0.15) is 0 Å². The molecule has 0 atom stereocenters. The maximum Gasteiger partial charge on any atom is 0.151 e. The minimum absolute atomic E-state index is 0.578. The van der Waals surface area contributed by atoms with E-state index in [0.29, 0.717) is 11.1 Å². The Hall–Kier alpha value is -4.56. The molecule has 0 aliphatic rings. The highest BCUT2D eigenvalue weighted by atomic mass is 16.1. The summed E-state index contributed by atoms with van der Waals surface area (Å²) in [6.07, 6.45) is 1.91. The van der Waals surface area contributed by atoms with Crippen molar-refractivity contribution in [3.8, 4) is 44.5 Å². The third-order valence-corrected chi connectivity index (χ3v) is 7.17. The van der Waals surface area contributed by atoms with E-state index in [1.807, 2.05) is 125 Å². The fourth-order valence-corrected chi connectivity index (χ4v) is 5.10. The predicted molar refractivity (Wildman–Crippen MR) is 158 cm³/mol. The zero-order valence-corrected chi connectivity index (χ0v) is 22.2. The topological polar surface area (TPSA) is 34.1 Å². The lowest BCUT2D eigenvalue weighted by molar-refractivity contribution is 0.111. The molecule has 5 rings (SSSR count). The Kier molecular flexibility index (Phi) is 6.89. The molecule has 186 valence electrons. The average molecular weight is 495 g/mol. The SMILES string of the molecule is Cc1ccc(-c2c(C=O)c(-c3ccc(C)cc3)c(-c3ccc(C)cc3)c(C=O)c2-c2ccc(C)cc2)cc1. The Morgan fingerprint density at radius 2 is 0.526 bits per heavy atom. The van der Waals surface area contributed by atoms with Crippen LogP contribution in [0, 0.1) is 27.7 Å². The van der Waals surface area contributed by atoms with Crippen LogP contribution in [0.3, 0.4) is 0 Å². The second-order valence-corrected chi connectivity index (χ2v) is 10.0. The molecule has 0 amide bonds. The summed E-state index contributed by atoms with van der Waals surface area (Å²) >= 11 is 0. The molecule has 38 heavy (non-hydrogen) atoms. The van der Waals surface area contributed by atoms with Crippen LogP contribution in [0.1, 0.15) is 43.0 Å². The van der Waals surface area contributed by atoms with Crippen molar-refractivity contribution in [2.45, 2.75) is 27.7 Å². The van der Waals surface area contributed by atoms with Gasteiger partial charge in [0.15, 0.2) is 12.6 Å². The van der Waals surface area contributed by atoms with Crippen molar-refractivity contribution in [2.75, 3.05) is 0 Å². The standard InChI is InChI=1S/C36H30O2/c1-23-5-13-27(14-6-23)33-31(21-37)35(29-17-9-25(3)10-18-29)36(30-19-11-26(4)12-20-30)32(22-38)34(33)28-15-7-24(2)8-16-28/h5-22H,1-4H3. The fourth-order valence-electron chi connectivity index (χ4n) is 5.10. The van der Waals surface area contributed by atoms with Crippen LogP contribution in [0.2, 0.25) is 0 Å². The Morgan fingerprint density at radius 3 is 0.684 bits per heavy atom. The van der Waals surface area contributed by atoms with Crippen LogP contribution < -0.4 is 0 Å². The van der Waals surface area contributed by atoms with Gasteiger partial charge >= 0.3 is 0 Å². The molecular weight excluding hydrogens is 464 g/mol. The first-order valence-electron chi connectivity index (χ1n) is 12.8. The Morgan fingerprint density at radius 1 is 0.342 bits per heavy atom. The first-order chi connectivity index (χ1) is 18.4. The van der Waals surface area contributed by atoms with Crippen molar-refractivity contribution in [1.29, 1.82) is 0 Å². The van der Waals surface area contributed by atoms with Crippen molar-refractivity contribution < 1.29 is 9.59 Å². The smallest absolute Gasteiger partial charge is 0.151 e. The van der Waals surface area contributed by atoms with Gasteiger partial charge in [-0.3, -0.25) is 9.59 Å². The Balaban J connectivity index is 2.03. The van der Waals surface area contributed by atoms with Gasteiger partial charge in [-0.1, -0.05) is 119 Å². The van der Waals surface area contributed by atoms with Gasteiger partial charge in [0.2, 0.25) is 0 Å². The number of benzene rings is 5. The monoisotopic (exact) mass is 494 g/mol. The van der Waals surface area contributed by atoms with Gasteiger partial charge in [-0.25, -0.2) is 0 Å². The van der Waals surface area contributed by atoms with Crippen molar-refractivity contribution in [3.05, 3.63) is 130 Å². The third kappa shape index (κ3) is 4.62. The summed E-state index contributed by atoms with van der Waals surface area (Å²) in [4.78, 5) is 26.2. The summed E-state index contributed by atoms with van der Waals surface area (Å²) in [6.45, 7) is 8.17. The van der Waals surface area contributed by atoms with Crippen molar-refractivity contribution in [2.24, 2.45) is 0 Å².